The van der Waals surface area contributed by atoms with E-state index in [0.717, 1.165) is 0 Å². The maximum Gasteiger partial charge on any atom is 0.276 e. The van der Waals surface area contributed by atoms with Crippen molar-refractivity contribution >= 4 is 23.1 Å². The number of carbonyl (C=O) groups is 1. The molecule has 1 rings (SSSR count). The standard InChI is InChI=1S/C10H15N3O2S/c1-6(4-9(11)16)13(3)10(14)8-5-7(2)15-12-8/h5-6H,4H2,1-3H3,(H2,11,16). The van der Waals surface area contributed by atoms with Crippen molar-refractivity contribution in [3.05, 3.63) is 17.5 Å². The monoisotopic (exact) mass is 241 g/mol. The highest BCUT2D eigenvalue weighted by Gasteiger charge is 2.20. The topological polar surface area (TPSA) is 72.4 Å². The fourth-order valence-electron chi connectivity index (χ4n) is 1.28. The molecule has 1 atom stereocenters. The van der Waals surface area contributed by atoms with E-state index < -0.39 is 0 Å². The van der Waals surface area contributed by atoms with Gasteiger partial charge in [0.05, 0.1) is 4.99 Å². The van der Waals surface area contributed by atoms with Crippen LogP contribution >= 0.6 is 12.2 Å². The summed E-state index contributed by atoms with van der Waals surface area (Å²) in [5.74, 6) is 0.416. The molecule has 2 N–H and O–H groups in total. The highest BCUT2D eigenvalue weighted by atomic mass is 32.1. The predicted molar refractivity (Wildman–Crippen MR) is 64.2 cm³/mol. The predicted octanol–water partition coefficient (Wildman–Crippen LogP) is 1.12. The number of carbonyl (C=O) groups excluding carboxylic acids is 1. The molecule has 88 valence electrons. The van der Waals surface area contributed by atoms with Gasteiger partial charge in [-0.25, -0.2) is 0 Å². The zero-order chi connectivity index (χ0) is 12.3. The van der Waals surface area contributed by atoms with Crippen LogP contribution < -0.4 is 5.73 Å². The Hall–Kier alpha value is -1.43. The minimum absolute atomic E-state index is 0.0537. The number of thiocarbonyl (C=S) groups is 1. The minimum atomic E-state index is -0.194. The molecule has 1 amide bonds. The average Bonchev–Trinajstić information content (AvgIpc) is 2.61. The van der Waals surface area contributed by atoms with Gasteiger partial charge in [-0.2, -0.15) is 0 Å². The minimum Gasteiger partial charge on any atom is -0.393 e. The number of aryl methyl sites for hydroxylation is 1. The van der Waals surface area contributed by atoms with Crippen LogP contribution in [0.4, 0.5) is 0 Å². The Labute approximate surface area is 99.6 Å². The highest BCUT2D eigenvalue weighted by molar-refractivity contribution is 7.80. The summed E-state index contributed by atoms with van der Waals surface area (Å²) >= 11 is 4.80. The molecular formula is C10H15N3O2S. The van der Waals surface area contributed by atoms with Crippen LogP contribution in [0.25, 0.3) is 0 Å². The maximum absolute atomic E-state index is 11.9. The van der Waals surface area contributed by atoms with Gasteiger partial charge < -0.3 is 15.2 Å². The first kappa shape index (κ1) is 12.6. The van der Waals surface area contributed by atoms with E-state index in [1.54, 1.807) is 24.9 Å². The largest absolute Gasteiger partial charge is 0.393 e. The molecule has 0 fully saturated rings. The summed E-state index contributed by atoms with van der Waals surface area (Å²) in [4.78, 5) is 13.8. The van der Waals surface area contributed by atoms with Gasteiger partial charge in [-0.3, -0.25) is 4.79 Å². The number of nitrogens with zero attached hydrogens (tertiary/aromatic N) is 2. The Kier molecular flexibility index (Phi) is 4.00. The smallest absolute Gasteiger partial charge is 0.276 e. The molecule has 1 aromatic heterocycles. The van der Waals surface area contributed by atoms with Gasteiger partial charge in [-0.15, -0.1) is 0 Å². The molecule has 0 aliphatic carbocycles. The number of nitrogens with two attached hydrogens (primary N) is 1. The third-order valence-corrected chi connectivity index (χ3v) is 2.49. The summed E-state index contributed by atoms with van der Waals surface area (Å²) < 4.78 is 4.85. The van der Waals surface area contributed by atoms with Crippen molar-refractivity contribution in [3.8, 4) is 0 Å². The number of aromatic nitrogens is 1. The van der Waals surface area contributed by atoms with Crippen molar-refractivity contribution < 1.29 is 9.32 Å². The Morgan fingerprint density at radius 2 is 2.38 bits per heavy atom. The second kappa shape index (κ2) is 5.07. The van der Waals surface area contributed by atoms with E-state index in [2.05, 4.69) is 5.16 Å². The second-order valence-corrected chi connectivity index (χ2v) is 4.28. The van der Waals surface area contributed by atoms with Gasteiger partial charge in [-0.1, -0.05) is 17.4 Å². The zero-order valence-corrected chi connectivity index (χ0v) is 10.4. The molecule has 6 heteroatoms. The third kappa shape index (κ3) is 3.03. The van der Waals surface area contributed by atoms with E-state index in [1.165, 1.54) is 0 Å². The van der Waals surface area contributed by atoms with Crippen LogP contribution in [0.3, 0.4) is 0 Å². The van der Waals surface area contributed by atoms with Crippen LogP contribution in [-0.2, 0) is 0 Å². The summed E-state index contributed by atoms with van der Waals surface area (Å²) in [6.45, 7) is 3.62. The number of rotatable bonds is 4. The van der Waals surface area contributed by atoms with Crippen LogP contribution in [0.2, 0.25) is 0 Å². The second-order valence-electron chi connectivity index (χ2n) is 3.76. The summed E-state index contributed by atoms with van der Waals surface area (Å²) in [5.41, 5.74) is 5.73. The summed E-state index contributed by atoms with van der Waals surface area (Å²) in [7, 11) is 1.69. The Morgan fingerprint density at radius 3 is 2.81 bits per heavy atom. The van der Waals surface area contributed by atoms with Gasteiger partial charge >= 0.3 is 0 Å². The van der Waals surface area contributed by atoms with Gasteiger partial charge in [0.2, 0.25) is 0 Å². The van der Waals surface area contributed by atoms with Gasteiger partial charge in [0, 0.05) is 25.6 Å². The summed E-state index contributed by atoms with van der Waals surface area (Å²) in [6, 6.07) is 1.55. The van der Waals surface area contributed by atoms with Crippen LogP contribution in [0, 0.1) is 6.92 Å². The van der Waals surface area contributed by atoms with E-state index in [4.69, 9.17) is 22.5 Å². The third-order valence-electron chi connectivity index (χ3n) is 2.33. The van der Waals surface area contributed by atoms with E-state index >= 15 is 0 Å². The van der Waals surface area contributed by atoms with E-state index in [1.807, 2.05) is 6.92 Å². The fraction of sp³-hybridized carbons (Fsp3) is 0.500. The normalized spacial score (nSPS) is 12.2. The quantitative estimate of drug-likeness (QED) is 0.800. The number of amides is 1. The molecule has 0 spiro atoms. The van der Waals surface area contributed by atoms with Crippen molar-refractivity contribution in [1.29, 1.82) is 0 Å². The molecule has 0 aliphatic heterocycles. The highest BCUT2D eigenvalue weighted by Crippen LogP contribution is 2.09. The van der Waals surface area contributed by atoms with Crippen molar-refractivity contribution in [2.24, 2.45) is 5.73 Å². The molecule has 0 radical (unpaired) electrons. The van der Waals surface area contributed by atoms with Crippen molar-refractivity contribution in [3.63, 3.8) is 0 Å². The molecule has 0 saturated heterocycles. The average molecular weight is 241 g/mol. The van der Waals surface area contributed by atoms with Crippen LogP contribution in [-0.4, -0.2) is 34.0 Å². The van der Waals surface area contributed by atoms with E-state index in [9.17, 15) is 4.79 Å². The van der Waals surface area contributed by atoms with Crippen molar-refractivity contribution in [2.45, 2.75) is 26.3 Å². The van der Waals surface area contributed by atoms with Gasteiger partial charge in [-0.05, 0) is 13.8 Å². The molecule has 0 aromatic carbocycles. The van der Waals surface area contributed by atoms with Gasteiger partial charge in [0.1, 0.15) is 5.76 Å². The van der Waals surface area contributed by atoms with E-state index in [-0.39, 0.29) is 11.9 Å². The Morgan fingerprint density at radius 1 is 1.75 bits per heavy atom. The van der Waals surface area contributed by atoms with Gasteiger partial charge in [0.25, 0.3) is 5.91 Å². The fourth-order valence-corrected chi connectivity index (χ4v) is 1.52. The summed E-state index contributed by atoms with van der Waals surface area (Å²) in [5, 5.41) is 3.67. The molecule has 0 aliphatic rings. The van der Waals surface area contributed by atoms with Crippen molar-refractivity contribution in [2.75, 3.05) is 7.05 Å². The maximum atomic E-state index is 11.9. The summed E-state index contributed by atoms with van der Waals surface area (Å²) in [6.07, 6.45) is 0.494. The van der Waals surface area contributed by atoms with Gasteiger partial charge in [0.15, 0.2) is 5.69 Å². The first-order valence-corrected chi connectivity index (χ1v) is 5.31. The van der Waals surface area contributed by atoms with Crippen LogP contribution in [0.5, 0.6) is 0 Å². The molecule has 5 nitrogen and oxygen atoms in total. The number of hydrogen-bond donors (Lipinski definition) is 1. The molecule has 0 bridgehead atoms. The lowest BCUT2D eigenvalue weighted by molar-refractivity contribution is 0.0737. The molecule has 1 unspecified atom stereocenters. The molecule has 1 heterocycles. The molecule has 16 heavy (non-hydrogen) atoms. The Bertz CT molecular complexity index is 403. The van der Waals surface area contributed by atoms with Crippen LogP contribution in [0.15, 0.2) is 10.6 Å². The molecular weight excluding hydrogens is 226 g/mol. The SMILES string of the molecule is Cc1cc(C(=O)N(C)C(C)CC(N)=S)no1. The van der Waals surface area contributed by atoms with Crippen LogP contribution in [0.1, 0.15) is 29.6 Å². The molecule has 0 saturated carbocycles. The lowest BCUT2D eigenvalue weighted by Crippen LogP contribution is -2.37. The lowest BCUT2D eigenvalue weighted by atomic mass is 10.2. The Balaban J connectivity index is 2.70. The lowest BCUT2D eigenvalue weighted by Gasteiger charge is -2.23. The number of hydrogen-bond acceptors (Lipinski definition) is 4. The van der Waals surface area contributed by atoms with Crippen molar-refractivity contribution in [1.82, 2.24) is 10.1 Å². The zero-order valence-electron chi connectivity index (χ0n) is 9.56. The first-order chi connectivity index (χ1) is 7.41. The van der Waals surface area contributed by atoms with E-state index in [0.29, 0.717) is 22.9 Å². The molecule has 1 aromatic rings. The first-order valence-electron chi connectivity index (χ1n) is 4.90.